The quantitative estimate of drug-likeness (QED) is 0.314. The van der Waals surface area contributed by atoms with E-state index < -0.39 is 17.7 Å². The summed E-state index contributed by atoms with van der Waals surface area (Å²) >= 11 is 0. The topological polar surface area (TPSA) is 66.8 Å². The zero-order valence-electron chi connectivity index (χ0n) is 19.0. The molecule has 0 aliphatic carbocycles. The second-order valence-corrected chi connectivity index (χ2v) is 8.43. The molecule has 1 heterocycles. The fourth-order valence-corrected chi connectivity index (χ4v) is 4.22. The minimum Gasteiger partial charge on any atom is -0.507 e. The maximum Gasteiger partial charge on any atom is 0.295 e. The molecule has 0 bridgehead atoms. The Labute approximate surface area is 193 Å². The largest absolute Gasteiger partial charge is 0.507 e. The summed E-state index contributed by atoms with van der Waals surface area (Å²) in [5, 5.41) is 11.1. The van der Waals surface area contributed by atoms with Crippen molar-refractivity contribution in [1.29, 1.82) is 0 Å². The Morgan fingerprint density at radius 3 is 2.21 bits per heavy atom. The van der Waals surface area contributed by atoms with Crippen LogP contribution in [0.25, 0.3) is 5.76 Å². The molecule has 0 spiro atoms. The van der Waals surface area contributed by atoms with Gasteiger partial charge in [-0.1, -0.05) is 86.6 Å². The highest BCUT2D eigenvalue weighted by Crippen LogP contribution is 2.41. The lowest BCUT2D eigenvalue weighted by Crippen LogP contribution is -2.29. The number of carbonyl (C=O) groups excluding carboxylic acids is 2. The number of hydrogen-bond acceptors (Lipinski definition) is 4. The number of aliphatic hydroxyl groups is 1. The fraction of sp³-hybridized carbons (Fsp3) is 0.214. The third kappa shape index (κ3) is 4.27. The van der Waals surface area contributed by atoms with Gasteiger partial charge in [0.15, 0.2) is 0 Å². The monoisotopic (exact) mass is 441 g/mol. The minimum atomic E-state index is -0.712. The van der Waals surface area contributed by atoms with Crippen LogP contribution < -0.4 is 4.74 Å². The number of carbonyl (C=O) groups is 2. The van der Waals surface area contributed by atoms with E-state index in [0.717, 1.165) is 16.7 Å². The Morgan fingerprint density at radius 1 is 0.939 bits per heavy atom. The number of nitrogens with zero attached hydrogens (tertiary/aromatic N) is 1. The highest BCUT2D eigenvalue weighted by Gasteiger charge is 2.46. The van der Waals surface area contributed by atoms with Crippen molar-refractivity contribution in [3.05, 3.63) is 107 Å². The molecular weight excluding hydrogens is 414 g/mol. The van der Waals surface area contributed by atoms with E-state index in [1.807, 2.05) is 54.6 Å². The molecule has 1 unspecified atom stereocenters. The molecule has 1 saturated heterocycles. The predicted molar refractivity (Wildman–Crippen MR) is 128 cm³/mol. The summed E-state index contributed by atoms with van der Waals surface area (Å²) in [5.74, 6) is -0.519. The smallest absolute Gasteiger partial charge is 0.295 e. The normalized spacial score (nSPS) is 17.6. The number of rotatable bonds is 6. The van der Waals surface area contributed by atoms with Crippen LogP contribution in [0.4, 0.5) is 0 Å². The van der Waals surface area contributed by atoms with Gasteiger partial charge < -0.3 is 14.7 Å². The number of para-hydroxylation sites is 1. The Kier molecular flexibility index (Phi) is 6.31. The van der Waals surface area contributed by atoms with Gasteiger partial charge in [-0.3, -0.25) is 9.59 Å². The van der Waals surface area contributed by atoms with Gasteiger partial charge in [0.1, 0.15) is 11.5 Å². The molecule has 5 nitrogen and oxygen atoms in total. The molecule has 1 N–H and O–H groups in total. The summed E-state index contributed by atoms with van der Waals surface area (Å²) < 4.78 is 5.46. The first-order valence-electron chi connectivity index (χ1n) is 11.0. The average Bonchev–Trinajstić information content (AvgIpc) is 3.09. The van der Waals surface area contributed by atoms with Crippen LogP contribution in [0, 0.1) is 0 Å². The molecular formula is C28H27NO4. The van der Waals surface area contributed by atoms with Crippen LogP contribution in [0.5, 0.6) is 5.75 Å². The summed E-state index contributed by atoms with van der Waals surface area (Å²) in [4.78, 5) is 27.9. The van der Waals surface area contributed by atoms with Crippen molar-refractivity contribution < 1.29 is 19.4 Å². The number of ketones is 1. The SMILES string of the molecule is COc1ccccc1CN1C(=O)C(=O)/C(=C(/O)c2ccccc2)C1c1ccc(C(C)C)cc1. The van der Waals surface area contributed by atoms with Crippen LogP contribution in [-0.2, 0) is 16.1 Å². The summed E-state index contributed by atoms with van der Waals surface area (Å²) in [6.45, 7) is 4.40. The number of likely N-dealkylation sites (tertiary alicyclic amines) is 1. The van der Waals surface area contributed by atoms with Crippen LogP contribution in [-0.4, -0.2) is 28.8 Å². The molecule has 1 amide bonds. The molecule has 1 atom stereocenters. The van der Waals surface area contributed by atoms with E-state index in [-0.39, 0.29) is 17.9 Å². The van der Waals surface area contributed by atoms with E-state index in [2.05, 4.69) is 13.8 Å². The van der Waals surface area contributed by atoms with Crippen LogP contribution >= 0.6 is 0 Å². The van der Waals surface area contributed by atoms with Gasteiger partial charge in [-0.2, -0.15) is 0 Å². The van der Waals surface area contributed by atoms with E-state index in [4.69, 9.17) is 4.74 Å². The first-order valence-corrected chi connectivity index (χ1v) is 11.0. The van der Waals surface area contributed by atoms with Gasteiger partial charge in [-0.05, 0) is 23.1 Å². The van der Waals surface area contributed by atoms with Crippen molar-refractivity contribution in [1.82, 2.24) is 4.90 Å². The molecule has 0 aromatic heterocycles. The van der Waals surface area contributed by atoms with Crippen molar-refractivity contribution in [2.24, 2.45) is 0 Å². The highest BCUT2D eigenvalue weighted by atomic mass is 16.5. The summed E-state index contributed by atoms with van der Waals surface area (Å²) in [5.41, 5.74) is 3.30. The molecule has 168 valence electrons. The third-order valence-electron chi connectivity index (χ3n) is 6.04. The zero-order chi connectivity index (χ0) is 23.5. The number of methoxy groups -OCH3 is 1. The minimum absolute atomic E-state index is 0.0957. The lowest BCUT2D eigenvalue weighted by atomic mass is 9.93. The second-order valence-electron chi connectivity index (χ2n) is 8.43. The van der Waals surface area contributed by atoms with Gasteiger partial charge in [0.05, 0.1) is 25.3 Å². The summed E-state index contributed by atoms with van der Waals surface area (Å²) in [6, 6.07) is 23.4. The molecule has 0 radical (unpaired) electrons. The molecule has 3 aromatic carbocycles. The molecule has 1 aliphatic rings. The number of benzene rings is 3. The van der Waals surface area contributed by atoms with Crippen LogP contribution in [0.2, 0.25) is 0 Å². The lowest BCUT2D eigenvalue weighted by Gasteiger charge is -2.26. The Hall–Kier alpha value is -3.86. The number of Topliss-reactive ketones (excluding diaryl/α,β-unsaturated/α-hetero) is 1. The van der Waals surface area contributed by atoms with E-state index in [9.17, 15) is 14.7 Å². The second kappa shape index (κ2) is 9.33. The number of ether oxygens (including phenoxy) is 1. The van der Waals surface area contributed by atoms with E-state index in [1.54, 1.807) is 31.4 Å². The van der Waals surface area contributed by atoms with Gasteiger partial charge in [-0.15, -0.1) is 0 Å². The Balaban J connectivity index is 1.86. The molecule has 33 heavy (non-hydrogen) atoms. The van der Waals surface area contributed by atoms with Crippen LogP contribution in [0.3, 0.4) is 0 Å². The Bertz CT molecular complexity index is 1200. The van der Waals surface area contributed by atoms with Crippen molar-refractivity contribution in [2.75, 3.05) is 7.11 Å². The summed E-state index contributed by atoms with van der Waals surface area (Å²) in [7, 11) is 1.57. The van der Waals surface area contributed by atoms with E-state index in [1.165, 1.54) is 4.90 Å². The molecule has 0 saturated carbocycles. The maximum absolute atomic E-state index is 13.2. The number of hydrogen-bond donors (Lipinski definition) is 1. The van der Waals surface area contributed by atoms with Crippen LogP contribution in [0.15, 0.2) is 84.4 Å². The Morgan fingerprint density at radius 2 is 1.58 bits per heavy atom. The van der Waals surface area contributed by atoms with Crippen molar-refractivity contribution in [3.63, 3.8) is 0 Å². The van der Waals surface area contributed by atoms with Crippen molar-refractivity contribution in [3.8, 4) is 5.75 Å². The average molecular weight is 442 g/mol. The zero-order valence-corrected chi connectivity index (χ0v) is 19.0. The molecule has 4 rings (SSSR count). The van der Waals surface area contributed by atoms with Gasteiger partial charge in [-0.25, -0.2) is 0 Å². The van der Waals surface area contributed by atoms with E-state index in [0.29, 0.717) is 17.2 Å². The van der Waals surface area contributed by atoms with Gasteiger partial charge in [0, 0.05) is 11.1 Å². The van der Waals surface area contributed by atoms with Gasteiger partial charge >= 0.3 is 0 Å². The summed E-state index contributed by atoms with van der Waals surface area (Å²) in [6.07, 6.45) is 0. The third-order valence-corrected chi connectivity index (χ3v) is 6.04. The molecule has 5 heteroatoms. The first kappa shape index (κ1) is 22.3. The standard InChI is InChI=1S/C28H27NO4/c1-18(2)19-13-15-20(16-14-19)25-24(26(30)21-9-5-4-6-10-21)27(31)28(32)29(25)17-22-11-7-8-12-23(22)33-3/h4-16,18,25,30H,17H2,1-3H3/b26-24+. The molecule has 3 aromatic rings. The lowest BCUT2D eigenvalue weighted by molar-refractivity contribution is -0.140. The molecule has 1 aliphatic heterocycles. The first-order chi connectivity index (χ1) is 15.9. The number of amides is 1. The van der Waals surface area contributed by atoms with Gasteiger partial charge in [0.25, 0.3) is 11.7 Å². The van der Waals surface area contributed by atoms with Gasteiger partial charge in [0.2, 0.25) is 0 Å². The van der Waals surface area contributed by atoms with E-state index >= 15 is 0 Å². The fourth-order valence-electron chi connectivity index (χ4n) is 4.22. The maximum atomic E-state index is 13.2. The van der Waals surface area contributed by atoms with Crippen molar-refractivity contribution >= 4 is 17.4 Å². The molecule has 1 fully saturated rings. The van der Waals surface area contributed by atoms with Crippen LogP contribution in [0.1, 0.15) is 48.1 Å². The van der Waals surface area contributed by atoms with Crippen molar-refractivity contribution in [2.45, 2.75) is 32.4 Å². The number of aliphatic hydroxyl groups excluding tert-OH is 1. The highest BCUT2D eigenvalue weighted by molar-refractivity contribution is 6.46. The predicted octanol–water partition coefficient (Wildman–Crippen LogP) is 5.44.